The number of halogens is 3. The molecule has 1 N–H and O–H groups in total. The summed E-state index contributed by atoms with van der Waals surface area (Å²) in [6, 6.07) is 2.02. The number of nitriles is 1. The van der Waals surface area contributed by atoms with Gasteiger partial charge in [0.05, 0.1) is 11.6 Å². The first-order valence-electron chi connectivity index (χ1n) is 10.4. The predicted molar refractivity (Wildman–Crippen MR) is 108 cm³/mol. The van der Waals surface area contributed by atoms with Gasteiger partial charge in [0.2, 0.25) is 5.91 Å². The molecule has 2 fully saturated rings. The van der Waals surface area contributed by atoms with Gasteiger partial charge in [0.15, 0.2) is 0 Å². The van der Waals surface area contributed by atoms with Gasteiger partial charge in [-0.3, -0.25) is 9.69 Å². The highest BCUT2D eigenvalue weighted by Gasteiger charge is 2.46. The third kappa shape index (κ3) is 5.23. The van der Waals surface area contributed by atoms with Crippen LogP contribution in [-0.2, 0) is 15.7 Å². The molecule has 11 heteroatoms. The predicted octanol–water partition coefficient (Wildman–Crippen LogP) is 3.40. The van der Waals surface area contributed by atoms with E-state index in [4.69, 9.17) is 4.74 Å². The number of anilines is 1. The molecule has 1 aromatic heterocycles. The Labute approximate surface area is 184 Å². The van der Waals surface area contributed by atoms with Crippen molar-refractivity contribution in [3.63, 3.8) is 0 Å². The average molecular weight is 453 g/mol. The maximum absolute atomic E-state index is 13.3. The minimum Gasteiger partial charge on any atom is -0.444 e. The van der Waals surface area contributed by atoms with Gasteiger partial charge in [-0.25, -0.2) is 9.78 Å². The number of nitrogens with one attached hydrogen (secondary N) is 1. The lowest BCUT2D eigenvalue weighted by atomic mass is 10.1. The molecule has 2 amide bonds. The largest absolute Gasteiger partial charge is 0.444 e. The summed E-state index contributed by atoms with van der Waals surface area (Å²) < 4.78 is 45.5. The Hall–Kier alpha value is -3.03. The molecule has 0 unspecified atom stereocenters. The molecular formula is C21H26F3N5O3. The van der Waals surface area contributed by atoms with Crippen LogP contribution in [0.2, 0.25) is 0 Å². The zero-order valence-electron chi connectivity index (χ0n) is 18.1. The third-order valence-electron chi connectivity index (χ3n) is 5.35. The van der Waals surface area contributed by atoms with Crippen molar-refractivity contribution < 1.29 is 27.5 Å². The highest BCUT2D eigenvalue weighted by Crippen LogP contribution is 2.35. The minimum absolute atomic E-state index is 0.0374. The fourth-order valence-corrected chi connectivity index (χ4v) is 4.00. The summed E-state index contributed by atoms with van der Waals surface area (Å²) in [5, 5.41) is 12.1. The Morgan fingerprint density at radius 1 is 1.28 bits per heavy atom. The van der Waals surface area contributed by atoms with Crippen LogP contribution in [0.1, 0.15) is 45.6 Å². The summed E-state index contributed by atoms with van der Waals surface area (Å²) in [6.45, 7) is 5.41. The first-order chi connectivity index (χ1) is 14.9. The second-order valence-corrected chi connectivity index (χ2v) is 8.94. The quantitative estimate of drug-likeness (QED) is 0.753. The van der Waals surface area contributed by atoms with Crippen molar-refractivity contribution in [2.75, 3.05) is 18.4 Å². The zero-order chi connectivity index (χ0) is 23.7. The van der Waals surface area contributed by atoms with Gasteiger partial charge in [0.25, 0.3) is 0 Å². The van der Waals surface area contributed by atoms with Crippen molar-refractivity contribution in [2.24, 2.45) is 0 Å². The maximum Gasteiger partial charge on any atom is 0.419 e. The number of amides is 2. The van der Waals surface area contributed by atoms with E-state index in [1.54, 1.807) is 20.8 Å². The Morgan fingerprint density at radius 3 is 2.62 bits per heavy atom. The van der Waals surface area contributed by atoms with E-state index in [9.17, 15) is 28.0 Å². The van der Waals surface area contributed by atoms with Crippen LogP contribution in [0.15, 0.2) is 18.3 Å². The van der Waals surface area contributed by atoms with E-state index >= 15 is 0 Å². The number of aromatic nitrogens is 1. The van der Waals surface area contributed by atoms with E-state index < -0.39 is 47.5 Å². The topological polar surface area (TPSA) is 98.6 Å². The lowest BCUT2D eigenvalue weighted by Gasteiger charge is -2.30. The molecule has 8 nitrogen and oxygen atoms in total. The molecule has 3 atom stereocenters. The third-order valence-corrected chi connectivity index (χ3v) is 5.35. The van der Waals surface area contributed by atoms with E-state index in [2.05, 4.69) is 16.4 Å². The van der Waals surface area contributed by atoms with Crippen LogP contribution in [0.5, 0.6) is 0 Å². The van der Waals surface area contributed by atoms with Gasteiger partial charge in [0.1, 0.15) is 23.5 Å². The smallest absolute Gasteiger partial charge is 0.419 e. The second-order valence-electron chi connectivity index (χ2n) is 8.94. The van der Waals surface area contributed by atoms with Crippen LogP contribution in [0.4, 0.5) is 23.8 Å². The van der Waals surface area contributed by atoms with Gasteiger partial charge >= 0.3 is 12.3 Å². The molecule has 2 aliphatic heterocycles. The number of likely N-dealkylation sites (tertiary alicyclic amines) is 2. The summed E-state index contributed by atoms with van der Waals surface area (Å²) >= 11 is 0. The van der Waals surface area contributed by atoms with Gasteiger partial charge < -0.3 is 15.0 Å². The zero-order valence-corrected chi connectivity index (χ0v) is 18.1. The van der Waals surface area contributed by atoms with Crippen LogP contribution < -0.4 is 5.32 Å². The fraction of sp³-hybridized carbons (Fsp3) is 0.619. The number of nitrogens with zero attached hydrogens (tertiary/aromatic N) is 4. The van der Waals surface area contributed by atoms with Crippen LogP contribution in [0.3, 0.4) is 0 Å². The molecule has 174 valence electrons. The second kappa shape index (κ2) is 8.84. The molecule has 2 aliphatic rings. The summed E-state index contributed by atoms with van der Waals surface area (Å²) in [6.07, 6.45) is -2.81. The van der Waals surface area contributed by atoms with E-state index in [-0.39, 0.29) is 18.8 Å². The van der Waals surface area contributed by atoms with Crippen molar-refractivity contribution in [1.82, 2.24) is 14.8 Å². The minimum atomic E-state index is -4.61. The van der Waals surface area contributed by atoms with Crippen molar-refractivity contribution in [3.8, 4) is 6.07 Å². The van der Waals surface area contributed by atoms with E-state index in [1.807, 2.05) is 0 Å². The average Bonchev–Trinajstić information content (AvgIpc) is 3.32. The number of ether oxygens (including phenoxy) is 1. The van der Waals surface area contributed by atoms with Gasteiger partial charge in [-0.2, -0.15) is 18.4 Å². The number of hydrogen-bond donors (Lipinski definition) is 1. The van der Waals surface area contributed by atoms with Crippen LogP contribution in [0.25, 0.3) is 0 Å². The normalized spacial score (nSPS) is 23.7. The Balaban J connectivity index is 1.85. The van der Waals surface area contributed by atoms with Crippen molar-refractivity contribution >= 4 is 17.8 Å². The SMILES string of the molecule is CC(C)(C)OC(=O)N1C[C@@H](Nc2ncccc2C(F)(F)F)C[C@H]1C(=O)N1CCC[C@H]1C#N. The number of rotatable bonds is 3. The molecule has 3 rings (SSSR count). The number of alkyl halides is 3. The van der Waals surface area contributed by atoms with E-state index in [0.29, 0.717) is 19.4 Å². The molecule has 0 spiro atoms. The summed E-state index contributed by atoms with van der Waals surface area (Å²) in [5.41, 5.74) is -1.74. The molecule has 1 aromatic rings. The van der Waals surface area contributed by atoms with Gasteiger partial charge in [-0.1, -0.05) is 0 Å². The van der Waals surface area contributed by atoms with Crippen molar-refractivity contribution in [1.29, 1.82) is 5.26 Å². The fourth-order valence-electron chi connectivity index (χ4n) is 4.00. The number of carbonyl (C=O) groups is 2. The standard InChI is InChI=1S/C21H26F3N5O3/c1-20(2,3)32-19(31)29-12-13(27-17-15(21(22,23)24)7-4-8-26-17)10-16(29)18(30)28-9-5-6-14(28)11-25/h4,7-8,13-14,16H,5-6,9-10,12H2,1-3H3,(H,26,27)/t13-,14-,16-/m0/s1. The molecule has 0 radical (unpaired) electrons. The Morgan fingerprint density at radius 2 is 2.00 bits per heavy atom. The van der Waals surface area contributed by atoms with Gasteiger partial charge in [-0.15, -0.1) is 0 Å². The lowest BCUT2D eigenvalue weighted by molar-refractivity contribution is -0.137. The summed E-state index contributed by atoms with van der Waals surface area (Å²) in [7, 11) is 0. The molecule has 0 saturated carbocycles. The number of carbonyl (C=O) groups excluding carboxylic acids is 2. The number of pyridine rings is 1. The molecule has 0 aromatic carbocycles. The molecule has 0 bridgehead atoms. The van der Waals surface area contributed by atoms with Gasteiger partial charge in [-0.05, 0) is 52.2 Å². The lowest BCUT2D eigenvalue weighted by Crippen LogP contribution is -2.50. The molecule has 0 aliphatic carbocycles. The Bertz CT molecular complexity index is 909. The van der Waals surface area contributed by atoms with E-state index in [0.717, 1.165) is 6.07 Å². The first-order valence-corrected chi connectivity index (χ1v) is 10.4. The molecule has 32 heavy (non-hydrogen) atoms. The summed E-state index contributed by atoms with van der Waals surface area (Å²) in [4.78, 5) is 32.5. The Kier molecular flexibility index (Phi) is 6.53. The molecule has 2 saturated heterocycles. The van der Waals surface area contributed by atoms with Crippen molar-refractivity contribution in [3.05, 3.63) is 23.9 Å². The first kappa shape index (κ1) is 23.6. The number of hydrogen-bond acceptors (Lipinski definition) is 6. The van der Waals surface area contributed by atoms with E-state index in [1.165, 1.54) is 22.1 Å². The maximum atomic E-state index is 13.3. The van der Waals surface area contributed by atoms with Crippen LogP contribution in [-0.4, -0.2) is 63.6 Å². The molecular weight excluding hydrogens is 427 g/mol. The van der Waals surface area contributed by atoms with Crippen LogP contribution >= 0.6 is 0 Å². The van der Waals surface area contributed by atoms with Crippen molar-refractivity contribution in [2.45, 2.75) is 69.9 Å². The monoisotopic (exact) mass is 453 g/mol. The highest BCUT2D eigenvalue weighted by atomic mass is 19.4. The van der Waals surface area contributed by atoms with Crippen LogP contribution in [0, 0.1) is 11.3 Å². The highest BCUT2D eigenvalue weighted by molar-refractivity contribution is 5.87. The van der Waals surface area contributed by atoms with Gasteiger partial charge in [0, 0.05) is 25.3 Å². The summed E-state index contributed by atoms with van der Waals surface area (Å²) in [5.74, 6) is -0.764. The molecule has 3 heterocycles.